The predicted octanol–water partition coefficient (Wildman–Crippen LogP) is 2.15. The zero-order valence-electron chi connectivity index (χ0n) is 9.11. The number of aromatic amines is 1. The summed E-state index contributed by atoms with van der Waals surface area (Å²) in [4.78, 5) is 18.6. The second kappa shape index (κ2) is 4.22. The molecule has 0 aromatic carbocycles. The molecule has 1 N–H and O–H groups in total. The van der Waals surface area contributed by atoms with Gasteiger partial charge in [0.1, 0.15) is 0 Å². The molecule has 84 valence electrons. The molecule has 5 nitrogen and oxygen atoms in total. The molecule has 2 aromatic rings. The average Bonchev–Trinajstić information content (AvgIpc) is 2.86. The molecule has 0 unspecified atom stereocenters. The highest BCUT2D eigenvalue weighted by Crippen LogP contribution is 2.18. The lowest BCUT2D eigenvalue weighted by Crippen LogP contribution is -2.06. The van der Waals surface area contributed by atoms with E-state index in [-0.39, 0.29) is 0 Å². The molecule has 5 heteroatoms. The molecule has 0 atom stereocenters. The van der Waals surface area contributed by atoms with Crippen molar-refractivity contribution in [1.82, 2.24) is 9.97 Å². The van der Waals surface area contributed by atoms with Crippen LogP contribution >= 0.6 is 0 Å². The molecule has 2 heterocycles. The highest BCUT2D eigenvalue weighted by molar-refractivity contribution is 5.89. The van der Waals surface area contributed by atoms with Crippen LogP contribution in [-0.2, 0) is 4.74 Å². The summed E-state index contributed by atoms with van der Waals surface area (Å²) in [5, 5.41) is 0. The van der Waals surface area contributed by atoms with Crippen molar-refractivity contribution in [2.75, 3.05) is 6.61 Å². The molecule has 0 radical (unpaired) electrons. The Morgan fingerprint density at radius 3 is 3.06 bits per heavy atom. The van der Waals surface area contributed by atoms with E-state index in [1.165, 1.54) is 0 Å². The smallest absolute Gasteiger partial charge is 0.358 e. The minimum Gasteiger partial charge on any atom is -0.461 e. The van der Waals surface area contributed by atoms with E-state index >= 15 is 0 Å². The van der Waals surface area contributed by atoms with Crippen LogP contribution in [0.25, 0.3) is 11.6 Å². The topological polar surface area (TPSA) is 68.1 Å². The van der Waals surface area contributed by atoms with Crippen molar-refractivity contribution < 1.29 is 13.9 Å². The molecule has 2 aromatic heterocycles. The number of nitrogens with one attached hydrogen (secondary N) is 1. The largest absolute Gasteiger partial charge is 0.461 e. The van der Waals surface area contributed by atoms with E-state index in [0.717, 1.165) is 0 Å². The van der Waals surface area contributed by atoms with Gasteiger partial charge in [-0.2, -0.15) is 0 Å². The second-order valence-electron chi connectivity index (χ2n) is 3.26. The third-order valence-electron chi connectivity index (χ3n) is 2.11. The molecule has 0 fully saturated rings. The summed E-state index contributed by atoms with van der Waals surface area (Å²) in [6.07, 6.45) is 1.55. The molecule has 0 spiro atoms. The van der Waals surface area contributed by atoms with Crippen LogP contribution in [0.5, 0.6) is 0 Å². The van der Waals surface area contributed by atoms with Crippen LogP contribution in [0.15, 0.2) is 22.8 Å². The van der Waals surface area contributed by atoms with Gasteiger partial charge < -0.3 is 14.1 Å². The lowest BCUT2D eigenvalue weighted by atomic mass is 10.3. The number of nitrogens with zero attached hydrogens (tertiary/aromatic N) is 1. The summed E-state index contributed by atoms with van der Waals surface area (Å²) in [5.41, 5.74) is 0.970. The van der Waals surface area contributed by atoms with Crippen LogP contribution in [0.2, 0.25) is 0 Å². The standard InChI is InChI=1S/C11H12N2O3/c1-3-15-11(14)9-7(2)12-10(13-9)8-5-4-6-16-8/h4-6H,3H2,1-2H3,(H,12,13). The van der Waals surface area contributed by atoms with Crippen LogP contribution in [0.4, 0.5) is 0 Å². The summed E-state index contributed by atoms with van der Waals surface area (Å²) in [6, 6.07) is 3.53. The maximum absolute atomic E-state index is 11.5. The van der Waals surface area contributed by atoms with Crippen molar-refractivity contribution in [3.63, 3.8) is 0 Å². The average molecular weight is 220 g/mol. The summed E-state index contributed by atoms with van der Waals surface area (Å²) >= 11 is 0. The molecule has 16 heavy (non-hydrogen) atoms. The first-order chi connectivity index (χ1) is 7.72. The van der Waals surface area contributed by atoms with E-state index in [1.807, 2.05) is 0 Å². The van der Waals surface area contributed by atoms with Gasteiger partial charge >= 0.3 is 5.97 Å². The quantitative estimate of drug-likeness (QED) is 0.805. The highest BCUT2D eigenvalue weighted by atomic mass is 16.5. The number of aromatic nitrogens is 2. The Labute approximate surface area is 92.4 Å². The number of H-pyrrole nitrogens is 1. The van der Waals surface area contributed by atoms with Crippen LogP contribution in [0.1, 0.15) is 23.1 Å². The number of esters is 1. The summed E-state index contributed by atoms with van der Waals surface area (Å²) in [5.74, 6) is 0.707. The molecule has 0 aliphatic heterocycles. The third kappa shape index (κ3) is 1.84. The van der Waals surface area contributed by atoms with Gasteiger partial charge in [-0.1, -0.05) is 0 Å². The molecule has 0 saturated carbocycles. The normalized spacial score (nSPS) is 10.4. The van der Waals surface area contributed by atoms with Crippen molar-refractivity contribution in [3.8, 4) is 11.6 Å². The Kier molecular flexibility index (Phi) is 2.76. The fraction of sp³-hybridized carbons (Fsp3) is 0.273. The van der Waals surface area contributed by atoms with Gasteiger partial charge in [-0.05, 0) is 26.0 Å². The summed E-state index contributed by atoms with van der Waals surface area (Å²) in [7, 11) is 0. The zero-order chi connectivity index (χ0) is 11.5. The molecule has 0 aliphatic rings. The van der Waals surface area contributed by atoms with Gasteiger partial charge in [0.2, 0.25) is 0 Å². The van der Waals surface area contributed by atoms with Crippen molar-refractivity contribution in [3.05, 3.63) is 29.8 Å². The Morgan fingerprint density at radius 2 is 2.44 bits per heavy atom. The molecular weight excluding hydrogens is 208 g/mol. The van der Waals surface area contributed by atoms with E-state index < -0.39 is 5.97 Å². The third-order valence-corrected chi connectivity index (χ3v) is 2.11. The number of furan rings is 1. The van der Waals surface area contributed by atoms with Gasteiger partial charge in [0, 0.05) is 5.69 Å². The van der Waals surface area contributed by atoms with Crippen LogP contribution in [-0.4, -0.2) is 22.5 Å². The van der Waals surface area contributed by atoms with Crippen LogP contribution < -0.4 is 0 Å². The van der Waals surface area contributed by atoms with E-state index in [2.05, 4.69) is 9.97 Å². The number of hydrogen-bond acceptors (Lipinski definition) is 4. The molecule has 0 saturated heterocycles. The van der Waals surface area contributed by atoms with E-state index in [4.69, 9.17) is 9.15 Å². The van der Waals surface area contributed by atoms with E-state index in [1.54, 1.807) is 32.2 Å². The number of hydrogen-bond donors (Lipinski definition) is 1. The SMILES string of the molecule is CCOC(=O)c1nc(-c2ccco2)[nH]c1C. The first-order valence-corrected chi connectivity index (χ1v) is 5.00. The molecule has 0 bridgehead atoms. The number of carbonyl (C=O) groups is 1. The van der Waals surface area contributed by atoms with Crippen molar-refractivity contribution in [1.29, 1.82) is 0 Å². The highest BCUT2D eigenvalue weighted by Gasteiger charge is 2.17. The Bertz CT molecular complexity index is 485. The Balaban J connectivity index is 2.32. The molecule has 2 rings (SSSR count). The van der Waals surface area contributed by atoms with E-state index in [0.29, 0.717) is 29.6 Å². The number of rotatable bonds is 3. The monoisotopic (exact) mass is 220 g/mol. The van der Waals surface area contributed by atoms with Crippen molar-refractivity contribution >= 4 is 5.97 Å². The summed E-state index contributed by atoms with van der Waals surface area (Å²) < 4.78 is 10.1. The lowest BCUT2D eigenvalue weighted by molar-refractivity contribution is 0.0519. The number of carbonyl (C=O) groups excluding carboxylic acids is 1. The van der Waals surface area contributed by atoms with Gasteiger partial charge in [-0.15, -0.1) is 0 Å². The lowest BCUT2D eigenvalue weighted by Gasteiger charge is -1.97. The number of ether oxygens (including phenoxy) is 1. The number of imidazole rings is 1. The zero-order valence-corrected chi connectivity index (χ0v) is 9.11. The van der Waals surface area contributed by atoms with Gasteiger partial charge in [-0.25, -0.2) is 9.78 Å². The van der Waals surface area contributed by atoms with Gasteiger partial charge in [0.15, 0.2) is 17.3 Å². The van der Waals surface area contributed by atoms with Crippen molar-refractivity contribution in [2.24, 2.45) is 0 Å². The van der Waals surface area contributed by atoms with Crippen LogP contribution in [0.3, 0.4) is 0 Å². The second-order valence-corrected chi connectivity index (χ2v) is 3.26. The Morgan fingerprint density at radius 1 is 1.62 bits per heavy atom. The minimum atomic E-state index is -0.422. The number of aryl methyl sites for hydroxylation is 1. The Hall–Kier alpha value is -2.04. The van der Waals surface area contributed by atoms with Gasteiger partial charge in [-0.3, -0.25) is 0 Å². The van der Waals surface area contributed by atoms with E-state index in [9.17, 15) is 4.79 Å². The summed E-state index contributed by atoms with van der Waals surface area (Å²) in [6.45, 7) is 3.86. The maximum Gasteiger partial charge on any atom is 0.358 e. The van der Waals surface area contributed by atoms with Gasteiger partial charge in [0.05, 0.1) is 12.9 Å². The first-order valence-electron chi connectivity index (χ1n) is 5.00. The predicted molar refractivity (Wildman–Crippen MR) is 57.0 cm³/mol. The van der Waals surface area contributed by atoms with Gasteiger partial charge in [0.25, 0.3) is 0 Å². The fourth-order valence-electron chi connectivity index (χ4n) is 1.39. The van der Waals surface area contributed by atoms with Crippen LogP contribution in [0, 0.1) is 6.92 Å². The molecule has 0 amide bonds. The fourth-order valence-corrected chi connectivity index (χ4v) is 1.39. The van der Waals surface area contributed by atoms with Crippen molar-refractivity contribution in [2.45, 2.75) is 13.8 Å². The molecule has 0 aliphatic carbocycles. The maximum atomic E-state index is 11.5. The minimum absolute atomic E-state index is 0.299. The first kappa shape index (κ1) is 10.5. The molecular formula is C11H12N2O3.